The van der Waals surface area contributed by atoms with Crippen molar-refractivity contribution < 1.29 is 9.13 Å². The largest absolute Gasteiger partial charge is 0.309 e. The van der Waals surface area contributed by atoms with Gasteiger partial charge in [0.15, 0.2) is 14.3 Å². The fourth-order valence-electron chi connectivity index (χ4n) is 10.7. The Morgan fingerprint density at radius 1 is 0.309 bits per heavy atom. The van der Waals surface area contributed by atoms with Crippen molar-refractivity contribution in [3.63, 3.8) is 0 Å². The van der Waals surface area contributed by atoms with Gasteiger partial charge in [-0.25, -0.2) is 0 Å². The molecule has 2 heterocycles. The second kappa shape index (κ2) is 10.7. The standard InChI is InChI=1S/C51H34O2P2/c1-31-15-3-11-23-45(31)54(52)47-25-13-7-19-35(47)39-27-37-33-17-5-9-21-41(33)51(43(37)29-49(39)54)42-22-10-6-18-34(42)38-28-40-36-20-8-14-26-48(36)55(53,50(40)30-44(38)51)46-24-12-4-16-32(46)2/h3-30H,1-2H3. The normalized spacial score (nSPS) is 21.3. The Morgan fingerprint density at radius 2 is 0.655 bits per heavy atom. The molecule has 0 aromatic heterocycles. The molecule has 12 rings (SSSR count). The minimum Gasteiger partial charge on any atom is -0.309 e. The van der Waals surface area contributed by atoms with Crippen LogP contribution in [0, 0.1) is 13.8 Å². The SMILES string of the molecule is Cc1ccccc1P1(=O)c2ccccc2-c2cc3c(cc21)C1(c2ccccc2-3)c2ccccc2-c2cc3c(cc21)P(=O)(c1ccccc1C)c1ccccc1-3. The quantitative estimate of drug-likeness (QED) is 0.166. The molecule has 0 bridgehead atoms. The van der Waals surface area contributed by atoms with Gasteiger partial charge < -0.3 is 9.13 Å². The summed E-state index contributed by atoms with van der Waals surface area (Å²) in [6.07, 6.45) is 0. The maximum atomic E-state index is 16.2. The number of hydrogen-bond acceptors (Lipinski definition) is 2. The zero-order valence-corrected chi connectivity index (χ0v) is 32.2. The van der Waals surface area contributed by atoms with Crippen molar-refractivity contribution in [1.82, 2.24) is 0 Å². The molecule has 8 aromatic rings. The van der Waals surface area contributed by atoms with Crippen molar-refractivity contribution in [2.45, 2.75) is 19.3 Å². The molecule has 0 fully saturated rings. The maximum absolute atomic E-state index is 16.2. The van der Waals surface area contributed by atoms with E-state index < -0.39 is 19.7 Å². The van der Waals surface area contributed by atoms with E-state index in [-0.39, 0.29) is 0 Å². The Hall–Kier alpha value is -5.78. The maximum Gasteiger partial charge on any atom is 0.172 e. The van der Waals surface area contributed by atoms with Gasteiger partial charge >= 0.3 is 0 Å². The van der Waals surface area contributed by atoms with Gasteiger partial charge in [0.2, 0.25) is 0 Å². The molecular weight excluding hydrogens is 707 g/mol. The van der Waals surface area contributed by atoms with Gasteiger partial charge in [0.05, 0.1) is 5.41 Å². The van der Waals surface area contributed by atoms with Gasteiger partial charge in [0.1, 0.15) is 0 Å². The number of hydrogen-bond donors (Lipinski definition) is 0. The summed E-state index contributed by atoms with van der Waals surface area (Å²) < 4.78 is 32.3. The van der Waals surface area contributed by atoms with Crippen LogP contribution in [0.2, 0.25) is 0 Å². The van der Waals surface area contributed by atoms with Gasteiger partial charge in [-0.05, 0) is 116 Å². The smallest absolute Gasteiger partial charge is 0.172 e. The van der Waals surface area contributed by atoms with Gasteiger partial charge in [-0.1, -0.05) is 146 Å². The molecule has 2 aliphatic carbocycles. The number of benzene rings is 8. The molecule has 0 saturated heterocycles. The van der Waals surface area contributed by atoms with E-state index in [4.69, 9.17) is 0 Å². The van der Waals surface area contributed by atoms with E-state index in [1.54, 1.807) is 0 Å². The lowest BCUT2D eigenvalue weighted by Crippen LogP contribution is -2.30. The van der Waals surface area contributed by atoms with Crippen LogP contribution in [-0.2, 0) is 14.5 Å². The van der Waals surface area contributed by atoms with Gasteiger partial charge in [-0.15, -0.1) is 0 Å². The highest BCUT2D eigenvalue weighted by Crippen LogP contribution is 2.66. The lowest BCUT2D eigenvalue weighted by atomic mass is 9.70. The van der Waals surface area contributed by atoms with E-state index in [2.05, 4.69) is 147 Å². The molecule has 0 N–H and O–H groups in total. The third-order valence-electron chi connectivity index (χ3n) is 13.0. The molecule has 4 aliphatic rings. The summed E-state index contributed by atoms with van der Waals surface area (Å²) in [5.74, 6) is 0. The minimum absolute atomic E-state index is 0.710. The number of aryl methyl sites for hydroxylation is 2. The molecule has 2 unspecified atom stereocenters. The summed E-state index contributed by atoms with van der Waals surface area (Å²) in [5, 5.41) is 5.41. The minimum atomic E-state index is -3.26. The average Bonchev–Trinajstić information content (AvgIpc) is 3.86. The Kier molecular flexibility index (Phi) is 6.14. The van der Waals surface area contributed by atoms with E-state index in [1.807, 2.05) is 36.4 Å². The van der Waals surface area contributed by atoms with Crippen molar-refractivity contribution in [3.05, 3.63) is 203 Å². The molecule has 260 valence electrons. The first-order valence-electron chi connectivity index (χ1n) is 19.0. The highest BCUT2D eigenvalue weighted by molar-refractivity contribution is 7.87. The first kappa shape index (κ1) is 31.6. The molecule has 4 heteroatoms. The summed E-state index contributed by atoms with van der Waals surface area (Å²) in [4.78, 5) is 0. The van der Waals surface area contributed by atoms with Crippen LogP contribution in [0.5, 0.6) is 0 Å². The molecule has 1 spiro atoms. The van der Waals surface area contributed by atoms with Crippen LogP contribution in [-0.4, -0.2) is 0 Å². The zero-order valence-electron chi connectivity index (χ0n) is 30.4. The molecule has 0 radical (unpaired) electrons. The van der Waals surface area contributed by atoms with Crippen LogP contribution in [0.15, 0.2) is 170 Å². The summed E-state index contributed by atoms with van der Waals surface area (Å²) in [7, 11) is -6.51. The van der Waals surface area contributed by atoms with Crippen molar-refractivity contribution in [3.8, 4) is 44.5 Å². The lowest BCUT2D eigenvalue weighted by Gasteiger charge is -2.32. The van der Waals surface area contributed by atoms with Gasteiger partial charge in [-0.2, -0.15) is 0 Å². The molecule has 55 heavy (non-hydrogen) atoms. The van der Waals surface area contributed by atoms with E-state index in [9.17, 15) is 0 Å². The summed E-state index contributed by atoms with van der Waals surface area (Å²) in [5.41, 5.74) is 14.9. The van der Waals surface area contributed by atoms with Gasteiger partial charge in [-0.3, -0.25) is 0 Å². The molecule has 2 nitrogen and oxygen atoms in total. The van der Waals surface area contributed by atoms with E-state index >= 15 is 9.13 Å². The summed E-state index contributed by atoms with van der Waals surface area (Å²) in [6.45, 7) is 4.16. The molecule has 2 atom stereocenters. The predicted octanol–water partition coefficient (Wildman–Crippen LogP) is 9.89. The number of rotatable bonds is 2. The molecule has 0 saturated carbocycles. The third kappa shape index (κ3) is 3.64. The Balaban J connectivity index is 1.22. The second-order valence-electron chi connectivity index (χ2n) is 15.5. The van der Waals surface area contributed by atoms with Crippen molar-refractivity contribution >= 4 is 46.1 Å². The summed E-state index contributed by atoms with van der Waals surface area (Å²) in [6, 6.07) is 59.9. The Labute approximate surface area is 320 Å². The molecule has 8 aromatic carbocycles. The van der Waals surface area contributed by atoms with Crippen LogP contribution >= 0.6 is 14.3 Å². The fraction of sp³-hybridized carbons (Fsp3) is 0.0588. The second-order valence-corrected chi connectivity index (χ2v) is 20.8. The van der Waals surface area contributed by atoms with E-state index in [1.165, 1.54) is 22.3 Å². The highest BCUT2D eigenvalue weighted by atomic mass is 31.2. The van der Waals surface area contributed by atoms with Crippen LogP contribution in [0.3, 0.4) is 0 Å². The van der Waals surface area contributed by atoms with Crippen molar-refractivity contribution in [2.75, 3.05) is 0 Å². The predicted molar refractivity (Wildman–Crippen MR) is 229 cm³/mol. The molecular formula is C51H34O2P2. The first-order valence-corrected chi connectivity index (χ1v) is 22.4. The lowest BCUT2D eigenvalue weighted by molar-refractivity contribution is 0.592. The highest BCUT2D eigenvalue weighted by Gasteiger charge is 2.55. The third-order valence-corrected chi connectivity index (χ3v) is 19.6. The van der Waals surface area contributed by atoms with Crippen LogP contribution < -0.4 is 31.8 Å². The van der Waals surface area contributed by atoms with Gasteiger partial charge in [0, 0.05) is 31.8 Å². The van der Waals surface area contributed by atoms with Crippen LogP contribution in [0.1, 0.15) is 33.4 Å². The topological polar surface area (TPSA) is 34.1 Å². The zero-order chi connectivity index (χ0) is 36.8. The van der Waals surface area contributed by atoms with Crippen molar-refractivity contribution in [1.29, 1.82) is 0 Å². The summed E-state index contributed by atoms with van der Waals surface area (Å²) >= 11 is 0. The van der Waals surface area contributed by atoms with Crippen molar-refractivity contribution in [2.24, 2.45) is 0 Å². The molecule has 2 aliphatic heterocycles. The Morgan fingerprint density at radius 3 is 1.07 bits per heavy atom. The molecule has 0 amide bonds. The monoisotopic (exact) mass is 740 g/mol. The van der Waals surface area contributed by atoms with Crippen LogP contribution in [0.25, 0.3) is 44.5 Å². The number of fused-ring (bicyclic) bond motifs is 16. The van der Waals surface area contributed by atoms with Crippen LogP contribution in [0.4, 0.5) is 0 Å². The first-order chi connectivity index (χ1) is 26.9. The fourth-order valence-corrected chi connectivity index (χ4v) is 17.3. The van der Waals surface area contributed by atoms with E-state index in [0.29, 0.717) is 0 Å². The Bertz CT molecular complexity index is 2940. The van der Waals surface area contributed by atoms with Gasteiger partial charge in [0.25, 0.3) is 0 Å². The average molecular weight is 741 g/mol. The van der Waals surface area contributed by atoms with E-state index in [0.717, 1.165) is 87.5 Å².